The van der Waals surface area contributed by atoms with Crippen LogP contribution < -0.4 is 0 Å². The molecular formula is C43H24N6. The molecule has 0 spiro atoms. The minimum absolute atomic E-state index is 0.485. The fourth-order valence-electron chi connectivity index (χ4n) is 7.14. The molecule has 0 fully saturated rings. The van der Waals surface area contributed by atoms with Gasteiger partial charge in [0.1, 0.15) is 17.3 Å². The summed E-state index contributed by atoms with van der Waals surface area (Å²) in [5.41, 5.74) is 6.89. The third-order valence-corrected chi connectivity index (χ3v) is 9.47. The van der Waals surface area contributed by atoms with E-state index in [4.69, 9.17) is 9.97 Å². The van der Waals surface area contributed by atoms with Gasteiger partial charge in [0.25, 0.3) is 0 Å². The number of hydrogen-bond acceptors (Lipinski definition) is 5. The molecule has 3 aromatic heterocycles. The van der Waals surface area contributed by atoms with Gasteiger partial charge in [-0.15, -0.1) is 0 Å². The van der Waals surface area contributed by atoms with Crippen LogP contribution >= 0.6 is 0 Å². The van der Waals surface area contributed by atoms with E-state index in [9.17, 15) is 5.26 Å². The molecule has 0 atom stereocenters. The SMILES string of the molecule is N#Cc1cc(-c2nc(-c3ccc4ccccc4c3)c3nccnc3n2)ccc1-n1c2cc3ccccc3cc2c2cc3ccccc3cc21. The fourth-order valence-corrected chi connectivity index (χ4v) is 7.14. The number of nitriles is 1. The van der Waals surface area contributed by atoms with Gasteiger partial charge in [-0.05, 0) is 80.8 Å². The summed E-state index contributed by atoms with van der Waals surface area (Å²) in [7, 11) is 0. The zero-order chi connectivity index (χ0) is 32.5. The van der Waals surface area contributed by atoms with E-state index in [0.717, 1.165) is 60.2 Å². The van der Waals surface area contributed by atoms with E-state index in [2.05, 4.69) is 124 Å². The molecule has 0 saturated heterocycles. The second-order valence-corrected chi connectivity index (χ2v) is 12.3. The summed E-state index contributed by atoms with van der Waals surface area (Å²) >= 11 is 0. The summed E-state index contributed by atoms with van der Waals surface area (Å²) in [6, 6.07) is 48.7. The predicted octanol–water partition coefficient (Wildman–Crippen LogP) is 10.2. The quantitative estimate of drug-likeness (QED) is 0.195. The number of fused-ring (bicyclic) bond motifs is 7. The highest BCUT2D eigenvalue weighted by Crippen LogP contribution is 2.38. The highest BCUT2D eigenvalue weighted by atomic mass is 15.0. The van der Waals surface area contributed by atoms with Crippen LogP contribution in [0.1, 0.15) is 5.56 Å². The number of aromatic nitrogens is 5. The summed E-state index contributed by atoms with van der Waals surface area (Å²) in [5.74, 6) is 0.485. The van der Waals surface area contributed by atoms with Gasteiger partial charge in [0.15, 0.2) is 11.5 Å². The number of benzene rings is 7. The molecule has 0 bridgehead atoms. The molecule has 0 N–H and O–H groups in total. The summed E-state index contributed by atoms with van der Waals surface area (Å²) in [5, 5.41) is 19.8. The molecular weight excluding hydrogens is 601 g/mol. The Morgan fingerprint density at radius 1 is 0.510 bits per heavy atom. The standard InChI is InChI=1S/C43H24N6/c44-25-34-20-33(42-47-40(41-43(48-42)46-18-17-45-41)32-14-13-26-7-1-2-8-27(26)19-32)15-16-37(34)49-38-23-30-11-5-3-9-28(30)21-35(38)36-22-29-10-4-6-12-31(29)24-39(36)49/h1-24H. The van der Waals surface area contributed by atoms with Crippen LogP contribution in [0.15, 0.2) is 146 Å². The molecule has 10 rings (SSSR count). The van der Waals surface area contributed by atoms with Crippen LogP contribution in [0, 0.1) is 11.3 Å². The van der Waals surface area contributed by atoms with E-state index in [1.807, 2.05) is 30.3 Å². The molecule has 3 heterocycles. The lowest BCUT2D eigenvalue weighted by molar-refractivity contribution is 1.14. The largest absolute Gasteiger partial charge is 0.308 e. The lowest BCUT2D eigenvalue weighted by Crippen LogP contribution is -2.01. The Balaban J connectivity index is 1.20. The molecule has 0 unspecified atom stereocenters. The van der Waals surface area contributed by atoms with Crippen molar-refractivity contribution in [1.29, 1.82) is 5.26 Å². The summed E-state index contributed by atoms with van der Waals surface area (Å²) in [6.45, 7) is 0. The molecule has 49 heavy (non-hydrogen) atoms. The van der Waals surface area contributed by atoms with Crippen LogP contribution in [0.4, 0.5) is 0 Å². The van der Waals surface area contributed by atoms with Gasteiger partial charge < -0.3 is 4.57 Å². The molecule has 0 aliphatic rings. The number of nitrogens with zero attached hydrogens (tertiary/aromatic N) is 6. The van der Waals surface area contributed by atoms with Gasteiger partial charge >= 0.3 is 0 Å². The fraction of sp³-hybridized carbons (Fsp3) is 0. The third-order valence-electron chi connectivity index (χ3n) is 9.47. The second-order valence-electron chi connectivity index (χ2n) is 12.3. The van der Waals surface area contributed by atoms with Crippen molar-refractivity contribution in [3.63, 3.8) is 0 Å². The zero-order valence-electron chi connectivity index (χ0n) is 26.0. The monoisotopic (exact) mass is 624 g/mol. The normalized spacial score (nSPS) is 11.7. The first-order valence-corrected chi connectivity index (χ1v) is 16.1. The van der Waals surface area contributed by atoms with Crippen molar-refractivity contribution in [3.05, 3.63) is 151 Å². The average Bonchev–Trinajstić information content (AvgIpc) is 3.46. The molecule has 0 saturated carbocycles. The number of rotatable bonds is 3. The van der Waals surface area contributed by atoms with Crippen LogP contribution in [0.25, 0.3) is 93.6 Å². The Labute approximate surface area is 280 Å². The Hall–Kier alpha value is -6.97. The van der Waals surface area contributed by atoms with Gasteiger partial charge in [-0.2, -0.15) is 5.26 Å². The first-order chi connectivity index (χ1) is 24.2. The highest BCUT2D eigenvalue weighted by Gasteiger charge is 2.19. The third kappa shape index (κ3) is 4.27. The molecule has 0 aliphatic carbocycles. The van der Waals surface area contributed by atoms with E-state index in [1.165, 1.54) is 10.8 Å². The minimum Gasteiger partial charge on any atom is -0.308 e. The van der Waals surface area contributed by atoms with Crippen LogP contribution in [0.5, 0.6) is 0 Å². The molecule has 7 aromatic carbocycles. The number of hydrogen-bond donors (Lipinski definition) is 0. The van der Waals surface area contributed by atoms with Gasteiger partial charge in [0.2, 0.25) is 0 Å². The van der Waals surface area contributed by atoms with E-state index >= 15 is 0 Å². The first-order valence-electron chi connectivity index (χ1n) is 16.1. The van der Waals surface area contributed by atoms with Gasteiger partial charge in [0, 0.05) is 34.3 Å². The maximum absolute atomic E-state index is 10.7. The highest BCUT2D eigenvalue weighted by molar-refractivity contribution is 6.16. The average molecular weight is 625 g/mol. The van der Waals surface area contributed by atoms with E-state index < -0.39 is 0 Å². The molecule has 226 valence electrons. The van der Waals surface area contributed by atoms with E-state index in [1.54, 1.807) is 12.4 Å². The maximum atomic E-state index is 10.7. The van der Waals surface area contributed by atoms with Gasteiger partial charge in [0.05, 0.1) is 22.3 Å². The van der Waals surface area contributed by atoms with Crippen LogP contribution in [-0.2, 0) is 0 Å². The van der Waals surface area contributed by atoms with E-state index in [-0.39, 0.29) is 0 Å². The van der Waals surface area contributed by atoms with Crippen molar-refractivity contribution in [2.24, 2.45) is 0 Å². The van der Waals surface area contributed by atoms with Crippen molar-refractivity contribution < 1.29 is 0 Å². The van der Waals surface area contributed by atoms with Gasteiger partial charge in [-0.1, -0.05) is 84.9 Å². The lowest BCUT2D eigenvalue weighted by Gasteiger charge is -2.13. The van der Waals surface area contributed by atoms with Crippen molar-refractivity contribution in [1.82, 2.24) is 24.5 Å². The molecule has 6 heteroatoms. The summed E-state index contributed by atoms with van der Waals surface area (Å²) in [6.07, 6.45) is 3.30. The van der Waals surface area contributed by atoms with Crippen LogP contribution in [0.3, 0.4) is 0 Å². The smallest absolute Gasteiger partial charge is 0.182 e. The molecule has 0 amide bonds. The Kier molecular flexibility index (Phi) is 5.84. The Morgan fingerprint density at radius 3 is 1.73 bits per heavy atom. The van der Waals surface area contributed by atoms with Gasteiger partial charge in [-0.25, -0.2) is 19.9 Å². The van der Waals surface area contributed by atoms with Crippen molar-refractivity contribution in [3.8, 4) is 34.4 Å². The van der Waals surface area contributed by atoms with Crippen molar-refractivity contribution in [2.75, 3.05) is 0 Å². The Bertz CT molecular complexity index is 2930. The van der Waals surface area contributed by atoms with Crippen LogP contribution in [-0.4, -0.2) is 24.5 Å². The van der Waals surface area contributed by atoms with Crippen molar-refractivity contribution >= 4 is 65.3 Å². The van der Waals surface area contributed by atoms with Crippen LogP contribution in [0.2, 0.25) is 0 Å². The van der Waals surface area contributed by atoms with E-state index in [0.29, 0.717) is 28.2 Å². The molecule has 10 aromatic rings. The Morgan fingerprint density at radius 2 is 1.08 bits per heavy atom. The van der Waals surface area contributed by atoms with Gasteiger partial charge in [-0.3, -0.25) is 0 Å². The topological polar surface area (TPSA) is 80.3 Å². The minimum atomic E-state index is 0.485. The first kappa shape index (κ1) is 27.2. The maximum Gasteiger partial charge on any atom is 0.182 e. The summed E-state index contributed by atoms with van der Waals surface area (Å²) in [4.78, 5) is 19.0. The second kappa shape index (κ2) is 10.5. The summed E-state index contributed by atoms with van der Waals surface area (Å²) < 4.78 is 2.22. The van der Waals surface area contributed by atoms with Crippen molar-refractivity contribution in [2.45, 2.75) is 0 Å². The lowest BCUT2D eigenvalue weighted by atomic mass is 10.0. The molecule has 0 radical (unpaired) electrons. The molecule has 6 nitrogen and oxygen atoms in total. The predicted molar refractivity (Wildman–Crippen MR) is 198 cm³/mol. The molecule has 0 aliphatic heterocycles. The zero-order valence-corrected chi connectivity index (χ0v) is 26.0.